The Balaban J connectivity index is 1.53. The summed E-state index contributed by atoms with van der Waals surface area (Å²) in [6.07, 6.45) is 0. The molecule has 1 aliphatic rings. The lowest BCUT2D eigenvalue weighted by atomic mass is 10.1. The molecule has 7 nitrogen and oxygen atoms in total. The van der Waals surface area contributed by atoms with E-state index in [0.717, 1.165) is 39.4 Å². The number of hydrogen-bond acceptors (Lipinski definition) is 6. The van der Waals surface area contributed by atoms with E-state index in [1.165, 1.54) is 23.4 Å². The van der Waals surface area contributed by atoms with Gasteiger partial charge in [-0.2, -0.15) is 0 Å². The molecule has 2 aromatic carbocycles. The van der Waals surface area contributed by atoms with Gasteiger partial charge in [-0.05, 0) is 24.7 Å². The number of benzene rings is 2. The summed E-state index contributed by atoms with van der Waals surface area (Å²) < 4.78 is 11.1. The van der Waals surface area contributed by atoms with E-state index in [9.17, 15) is 10.1 Å². The molecule has 0 aliphatic carbocycles. The van der Waals surface area contributed by atoms with Gasteiger partial charge in [-0.3, -0.25) is 15.0 Å². The highest BCUT2D eigenvalue weighted by Gasteiger charge is 2.15. The molecule has 27 heavy (non-hydrogen) atoms. The summed E-state index contributed by atoms with van der Waals surface area (Å²) in [7, 11) is 2.05. The van der Waals surface area contributed by atoms with E-state index in [4.69, 9.17) is 9.47 Å². The summed E-state index contributed by atoms with van der Waals surface area (Å²) in [5, 5.41) is 10.8. The van der Waals surface area contributed by atoms with Gasteiger partial charge in [-0.25, -0.2) is 0 Å². The van der Waals surface area contributed by atoms with Crippen molar-refractivity contribution in [2.24, 2.45) is 0 Å². The Hall–Kier alpha value is -2.64. The first-order chi connectivity index (χ1) is 13.1. The van der Waals surface area contributed by atoms with Gasteiger partial charge in [0.15, 0.2) is 0 Å². The third-order valence-corrected chi connectivity index (χ3v) is 4.55. The Labute approximate surface area is 159 Å². The second kappa shape index (κ2) is 9.34. The van der Waals surface area contributed by atoms with Crippen LogP contribution in [0.5, 0.6) is 5.75 Å². The summed E-state index contributed by atoms with van der Waals surface area (Å²) in [4.78, 5) is 15.0. The fraction of sp³-hybridized carbons (Fsp3) is 0.400. The van der Waals surface area contributed by atoms with Crippen LogP contribution >= 0.6 is 0 Å². The van der Waals surface area contributed by atoms with Crippen LogP contribution in [-0.2, 0) is 11.3 Å². The zero-order chi connectivity index (χ0) is 19.1. The van der Waals surface area contributed by atoms with Crippen molar-refractivity contribution in [3.8, 4) is 5.75 Å². The van der Waals surface area contributed by atoms with Gasteiger partial charge in [0.2, 0.25) is 0 Å². The van der Waals surface area contributed by atoms with Gasteiger partial charge in [0, 0.05) is 37.9 Å². The number of hydrogen-bond donors (Lipinski definition) is 0. The number of anilines is 1. The van der Waals surface area contributed by atoms with Crippen molar-refractivity contribution in [3.05, 3.63) is 64.2 Å². The summed E-state index contributed by atoms with van der Waals surface area (Å²) in [6.45, 7) is 5.36. The van der Waals surface area contributed by atoms with Crippen molar-refractivity contribution in [2.75, 3.05) is 51.4 Å². The van der Waals surface area contributed by atoms with Crippen LogP contribution in [0.3, 0.4) is 0 Å². The Bertz CT molecular complexity index is 762. The molecule has 7 heteroatoms. The zero-order valence-electron chi connectivity index (χ0n) is 15.5. The SMILES string of the molecule is CN(CCOc1cccc([N+](=O)[O-])c1)Cc1ccccc1N1CCOCC1. The Morgan fingerprint density at radius 2 is 1.96 bits per heavy atom. The maximum absolute atomic E-state index is 10.8. The number of nitro groups is 1. The van der Waals surface area contributed by atoms with Crippen LogP contribution in [0.15, 0.2) is 48.5 Å². The van der Waals surface area contributed by atoms with Crippen molar-refractivity contribution in [2.45, 2.75) is 6.54 Å². The topological polar surface area (TPSA) is 68.1 Å². The first-order valence-electron chi connectivity index (χ1n) is 9.10. The Kier molecular flexibility index (Phi) is 6.62. The second-order valence-corrected chi connectivity index (χ2v) is 6.57. The quantitative estimate of drug-likeness (QED) is 0.525. The smallest absolute Gasteiger partial charge is 0.273 e. The van der Waals surface area contributed by atoms with Crippen molar-refractivity contribution in [1.82, 2.24) is 4.90 Å². The lowest BCUT2D eigenvalue weighted by molar-refractivity contribution is -0.384. The van der Waals surface area contributed by atoms with Crippen LogP contribution in [0.4, 0.5) is 11.4 Å². The summed E-state index contributed by atoms with van der Waals surface area (Å²) in [5.74, 6) is 0.520. The number of rotatable bonds is 8. The highest BCUT2D eigenvalue weighted by Crippen LogP contribution is 2.23. The molecule has 0 atom stereocenters. The van der Waals surface area contributed by atoms with Crippen molar-refractivity contribution in [1.29, 1.82) is 0 Å². The van der Waals surface area contributed by atoms with Gasteiger partial charge >= 0.3 is 0 Å². The molecule has 0 unspecified atom stereocenters. The fourth-order valence-electron chi connectivity index (χ4n) is 3.13. The van der Waals surface area contributed by atoms with E-state index in [1.807, 2.05) is 7.05 Å². The van der Waals surface area contributed by atoms with E-state index in [-0.39, 0.29) is 5.69 Å². The molecule has 0 N–H and O–H groups in total. The van der Waals surface area contributed by atoms with E-state index in [2.05, 4.69) is 34.1 Å². The molecule has 0 bridgehead atoms. The molecule has 1 aliphatic heterocycles. The summed E-state index contributed by atoms with van der Waals surface area (Å²) in [6, 6.07) is 14.7. The predicted octanol–water partition coefficient (Wildman–Crippen LogP) is 2.94. The van der Waals surface area contributed by atoms with Crippen LogP contribution in [0.1, 0.15) is 5.56 Å². The fourth-order valence-corrected chi connectivity index (χ4v) is 3.13. The van der Waals surface area contributed by atoms with Gasteiger partial charge in [-0.15, -0.1) is 0 Å². The molecule has 1 heterocycles. The molecule has 1 fully saturated rings. The number of para-hydroxylation sites is 1. The number of likely N-dealkylation sites (N-methyl/N-ethyl adjacent to an activating group) is 1. The molecule has 1 saturated heterocycles. The number of nitro benzene ring substituents is 1. The molecule has 0 aromatic heterocycles. The first kappa shape index (κ1) is 19.1. The number of ether oxygens (including phenoxy) is 2. The van der Waals surface area contributed by atoms with Crippen molar-refractivity contribution >= 4 is 11.4 Å². The minimum Gasteiger partial charge on any atom is -0.492 e. The van der Waals surface area contributed by atoms with E-state index in [0.29, 0.717) is 12.4 Å². The van der Waals surface area contributed by atoms with Gasteiger partial charge in [0.1, 0.15) is 12.4 Å². The molecule has 2 aromatic rings. The number of nitrogens with zero attached hydrogens (tertiary/aromatic N) is 3. The van der Waals surface area contributed by atoms with Gasteiger partial charge in [0.25, 0.3) is 5.69 Å². The monoisotopic (exact) mass is 371 g/mol. The van der Waals surface area contributed by atoms with Crippen LogP contribution in [0, 0.1) is 10.1 Å². The standard InChI is InChI=1S/C20H25N3O4/c1-21(9-14-27-19-7-4-6-18(15-19)23(24)25)16-17-5-2-3-8-20(17)22-10-12-26-13-11-22/h2-8,15H,9-14,16H2,1H3. The molecule has 144 valence electrons. The third kappa shape index (κ3) is 5.42. The second-order valence-electron chi connectivity index (χ2n) is 6.57. The van der Waals surface area contributed by atoms with Gasteiger partial charge < -0.3 is 14.4 Å². The van der Waals surface area contributed by atoms with Crippen LogP contribution in [0.2, 0.25) is 0 Å². The largest absolute Gasteiger partial charge is 0.492 e. The summed E-state index contributed by atoms with van der Waals surface area (Å²) >= 11 is 0. The normalized spacial score (nSPS) is 14.4. The maximum Gasteiger partial charge on any atom is 0.273 e. The average Bonchev–Trinajstić information content (AvgIpc) is 2.69. The van der Waals surface area contributed by atoms with Crippen LogP contribution < -0.4 is 9.64 Å². The van der Waals surface area contributed by atoms with E-state index < -0.39 is 4.92 Å². The zero-order valence-corrected chi connectivity index (χ0v) is 15.5. The predicted molar refractivity (Wildman–Crippen MR) is 104 cm³/mol. The molecule has 0 radical (unpaired) electrons. The highest BCUT2D eigenvalue weighted by atomic mass is 16.6. The molecule has 0 spiro atoms. The van der Waals surface area contributed by atoms with Crippen molar-refractivity contribution in [3.63, 3.8) is 0 Å². The summed E-state index contributed by atoms with van der Waals surface area (Å²) in [5.41, 5.74) is 2.57. The molecule has 0 amide bonds. The third-order valence-electron chi connectivity index (χ3n) is 4.55. The lowest BCUT2D eigenvalue weighted by Crippen LogP contribution is -2.37. The van der Waals surface area contributed by atoms with Crippen molar-refractivity contribution < 1.29 is 14.4 Å². The minimum atomic E-state index is -0.415. The minimum absolute atomic E-state index is 0.0419. The van der Waals surface area contributed by atoms with Gasteiger partial charge in [-0.1, -0.05) is 24.3 Å². The Morgan fingerprint density at radius 1 is 1.19 bits per heavy atom. The Morgan fingerprint density at radius 3 is 2.74 bits per heavy atom. The maximum atomic E-state index is 10.8. The van der Waals surface area contributed by atoms with Crippen LogP contribution in [-0.4, -0.2) is 56.3 Å². The lowest BCUT2D eigenvalue weighted by Gasteiger charge is -2.31. The molecular weight excluding hydrogens is 346 g/mol. The molecule has 0 saturated carbocycles. The van der Waals surface area contributed by atoms with E-state index in [1.54, 1.807) is 12.1 Å². The highest BCUT2D eigenvalue weighted by molar-refractivity contribution is 5.53. The van der Waals surface area contributed by atoms with E-state index >= 15 is 0 Å². The van der Waals surface area contributed by atoms with Gasteiger partial charge in [0.05, 0.1) is 24.2 Å². The van der Waals surface area contributed by atoms with Crippen LogP contribution in [0.25, 0.3) is 0 Å². The number of morpholine rings is 1. The molecule has 3 rings (SSSR count). The number of non-ortho nitro benzene ring substituents is 1. The average molecular weight is 371 g/mol. The first-order valence-corrected chi connectivity index (χ1v) is 9.10. The molecular formula is C20H25N3O4.